The fourth-order valence-electron chi connectivity index (χ4n) is 2.07. The molecule has 2 aromatic rings. The first-order valence-electron chi connectivity index (χ1n) is 6.34. The number of furan rings is 1. The highest BCUT2D eigenvalue weighted by Gasteiger charge is 2.32. The molecule has 1 amide bonds. The van der Waals surface area contributed by atoms with E-state index in [1.54, 1.807) is 36.2 Å². The maximum Gasteiger partial charge on any atom is 0.271 e. The van der Waals surface area contributed by atoms with E-state index < -0.39 is 5.60 Å². The van der Waals surface area contributed by atoms with Gasteiger partial charge in [0, 0.05) is 18.4 Å². The lowest BCUT2D eigenvalue weighted by Gasteiger charge is -2.21. The van der Waals surface area contributed by atoms with Gasteiger partial charge in [-0.05, 0) is 24.3 Å². The van der Waals surface area contributed by atoms with Crippen molar-refractivity contribution in [1.29, 1.82) is 0 Å². The van der Waals surface area contributed by atoms with Crippen molar-refractivity contribution in [3.05, 3.63) is 30.2 Å². The number of aromatic amines is 1. The Bertz CT molecular complexity index is 588. The lowest BCUT2D eigenvalue weighted by Crippen LogP contribution is -2.43. The number of nitrogens with zero attached hydrogens (tertiary/aromatic N) is 1. The molecule has 3 N–H and O–H groups in total. The molecule has 0 aromatic carbocycles. The van der Waals surface area contributed by atoms with Gasteiger partial charge in [0.1, 0.15) is 5.69 Å². The normalized spacial score (nSPS) is 22.1. The van der Waals surface area contributed by atoms with E-state index in [0.717, 1.165) is 5.75 Å². The summed E-state index contributed by atoms with van der Waals surface area (Å²) in [6.45, 7) is 0.252. The van der Waals surface area contributed by atoms with Gasteiger partial charge in [0.25, 0.3) is 5.91 Å². The Labute approximate surface area is 119 Å². The molecular formula is C13H15N3O3S. The largest absolute Gasteiger partial charge is 0.463 e. The highest BCUT2D eigenvalue weighted by atomic mass is 32.2. The number of aliphatic hydroxyl groups is 1. The SMILES string of the molecule is O=C(NCC1(O)CCSC1)c1cc(-c2ccco2)[nH]n1. The monoisotopic (exact) mass is 293 g/mol. The summed E-state index contributed by atoms with van der Waals surface area (Å²) in [6.07, 6.45) is 2.26. The maximum atomic E-state index is 12.0. The first-order valence-corrected chi connectivity index (χ1v) is 7.49. The summed E-state index contributed by atoms with van der Waals surface area (Å²) < 4.78 is 5.22. The first kappa shape index (κ1) is 13.3. The molecule has 6 nitrogen and oxygen atoms in total. The summed E-state index contributed by atoms with van der Waals surface area (Å²) in [5.74, 6) is 1.91. The Morgan fingerprint density at radius 2 is 2.55 bits per heavy atom. The number of thioether (sulfide) groups is 1. The molecule has 1 atom stereocenters. The van der Waals surface area contributed by atoms with E-state index in [9.17, 15) is 9.90 Å². The zero-order valence-electron chi connectivity index (χ0n) is 10.8. The third kappa shape index (κ3) is 2.73. The fraction of sp³-hybridized carbons (Fsp3) is 0.385. The van der Waals surface area contributed by atoms with Crippen LogP contribution in [0.25, 0.3) is 11.5 Å². The average Bonchev–Trinajstić information content (AvgIpc) is 3.16. The number of hydrogen-bond donors (Lipinski definition) is 3. The Hall–Kier alpha value is -1.73. The second-order valence-electron chi connectivity index (χ2n) is 4.85. The molecule has 1 aliphatic rings. The van der Waals surface area contributed by atoms with Crippen molar-refractivity contribution in [2.24, 2.45) is 0 Å². The Morgan fingerprint density at radius 1 is 1.65 bits per heavy atom. The van der Waals surface area contributed by atoms with Crippen molar-refractivity contribution in [3.8, 4) is 11.5 Å². The number of hydrogen-bond acceptors (Lipinski definition) is 5. The van der Waals surface area contributed by atoms with Crippen LogP contribution in [0.2, 0.25) is 0 Å². The van der Waals surface area contributed by atoms with E-state index in [2.05, 4.69) is 15.5 Å². The minimum atomic E-state index is -0.791. The molecule has 7 heteroatoms. The van der Waals surface area contributed by atoms with Crippen molar-refractivity contribution in [2.45, 2.75) is 12.0 Å². The van der Waals surface area contributed by atoms with Crippen LogP contribution in [0.15, 0.2) is 28.9 Å². The molecule has 2 aromatic heterocycles. The van der Waals surface area contributed by atoms with Crippen LogP contribution in [0.1, 0.15) is 16.9 Å². The van der Waals surface area contributed by atoms with Crippen LogP contribution in [-0.2, 0) is 0 Å². The van der Waals surface area contributed by atoms with Crippen LogP contribution in [0.3, 0.4) is 0 Å². The maximum absolute atomic E-state index is 12.0. The topological polar surface area (TPSA) is 91.1 Å². The van der Waals surface area contributed by atoms with Crippen molar-refractivity contribution in [1.82, 2.24) is 15.5 Å². The number of H-pyrrole nitrogens is 1. The molecule has 3 heterocycles. The number of carbonyl (C=O) groups is 1. The Morgan fingerprint density at radius 3 is 3.25 bits per heavy atom. The van der Waals surface area contributed by atoms with Crippen molar-refractivity contribution >= 4 is 17.7 Å². The van der Waals surface area contributed by atoms with Crippen LogP contribution in [0.4, 0.5) is 0 Å². The molecule has 20 heavy (non-hydrogen) atoms. The van der Waals surface area contributed by atoms with Crippen LogP contribution in [0.5, 0.6) is 0 Å². The van der Waals surface area contributed by atoms with Gasteiger partial charge in [0.15, 0.2) is 11.5 Å². The van der Waals surface area contributed by atoms with Crippen LogP contribution >= 0.6 is 11.8 Å². The van der Waals surface area contributed by atoms with Gasteiger partial charge in [-0.2, -0.15) is 16.9 Å². The second kappa shape index (κ2) is 5.34. The summed E-state index contributed by atoms with van der Waals surface area (Å²) in [5.41, 5.74) is 0.140. The first-order chi connectivity index (χ1) is 9.66. The van der Waals surface area contributed by atoms with Crippen LogP contribution in [0, 0.1) is 0 Å². The van der Waals surface area contributed by atoms with Crippen LogP contribution < -0.4 is 5.32 Å². The number of rotatable bonds is 4. The van der Waals surface area contributed by atoms with E-state index in [1.807, 2.05) is 0 Å². The summed E-state index contributed by atoms with van der Waals surface area (Å²) in [4.78, 5) is 12.0. The van der Waals surface area contributed by atoms with E-state index in [0.29, 0.717) is 23.6 Å². The lowest BCUT2D eigenvalue weighted by molar-refractivity contribution is 0.0611. The third-order valence-electron chi connectivity index (χ3n) is 3.26. The number of nitrogens with one attached hydrogen (secondary N) is 2. The molecule has 1 aliphatic heterocycles. The van der Waals surface area contributed by atoms with E-state index in [1.165, 1.54) is 0 Å². The molecule has 1 saturated heterocycles. The highest BCUT2D eigenvalue weighted by Crippen LogP contribution is 2.27. The molecule has 0 bridgehead atoms. The molecule has 0 aliphatic carbocycles. The quantitative estimate of drug-likeness (QED) is 0.789. The summed E-state index contributed by atoms with van der Waals surface area (Å²) in [6, 6.07) is 5.18. The van der Waals surface area contributed by atoms with Crippen molar-refractivity contribution < 1.29 is 14.3 Å². The van der Waals surface area contributed by atoms with Gasteiger partial charge in [-0.3, -0.25) is 9.89 Å². The van der Waals surface area contributed by atoms with Crippen molar-refractivity contribution in [3.63, 3.8) is 0 Å². The van der Waals surface area contributed by atoms with Gasteiger partial charge < -0.3 is 14.8 Å². The van der Waals surface area contributed by atoms with Gasteiger partial charge in [-0.1, -0.05) is 0 Å². The highest BCUT2D eigenvalue weighted by molar-refractivity contribution is 7.99. The number of amides is 1. The lowest BCUT2D eigenvalue weighted by atomic mass is 10.0. The van der Waals surface area contributed by atoms with Gasteiger partial charge in [0.2, 0.25) is 0 Å². The molecule has 0 radical (unpaired) electrons. The molecule has 3 rings (SSSR count). The molecule has 0 saturated carbocycles. The molecule has 106 valence electrons. The standard InChI is InChI=1S/C13H15N3O3S/c17-12(14-7-13(18)3-5-20-8-13)10-6-9(15-16-10)11-2-1-4-19-11/h1-2,4,6,18H,3,5,7-8H2,(H,14,17)(H,15,16). The minimum absolute atomic E-state index is 0.252. The average molecular weight is 293 g/mol. The summed E-state index contributed by atoms with van der Waals surface area (Å²) >= 11 is 1.70. The third-order valence-corrected chi connectivity index (χ3v) is 4.49. The predicted octanol–water partition coefficient (Wildman–Crippen LogP) is 1.27. The fourth-order valence-corrected chi connectivity index (χ4v) is 3.36. The molecule has 1 fully saturated rings. The van der Waals surface area contributed by atoms with Crippen molar-refractivity contribution in [2.75, 3.05) is 18.1 Å². The number of carbonyl (C=O) groups excluding carboxylic acids is 1. The van der Waals surface area contributed by atoms with E-state index >= 15 is 0 Å². The molecular weight excluding hydrogens is 278 g/mol. The zero-order valence-corrected chi connectivity index (χ0v) is 11.6. The molecule has 1 unspecified atom stereocenters. The Kier molecular flexibility index (Phi) is 3.54. The zero-order chi connectivity index (χ0) is 14.0. The second-order valence-corrected chi connectivity index (χ2v) is 5.96. The van der Waals surface area contributed by atoms with Gasteiger partial charge in [-0.25, -0.2) is 0 Å². The van der Waals surface area contributed by atoms with E-state index in [4.69, 9.17) is 4.42 Å². The predicted molar refractivity (Wildman–Crippen MR) is 75.5 cm³/mol. The Balaban J connectivity index is 1.63. The van der Waals surface area contributed by atoms with Gasteiger partial charge >= 0.3 is 0 Å². The van der Waals surface area contributed by atoms with E-state index in [-0.39, 0.29) is 18.1 Å². The minimum Gasteiger partial charge on any atom is -0.463 e. The van der Waals surface area contributed by atoms with Crippen LogP contribution in [-0.4, -0.2) is 44.9 Å². The number of aromatic nitrogens is 2. The van der Waals surface area contributed by atoms with Gasteiger partial charge in [0.05, 0.1) is 11.9 Å². The van der Waals surface area contributed by atoms with Gasteiger partial charge in [-0.15, -0.1) is 0 Å². The smallest absolute Gasteiger partial charge is 0.271 e. The summed E-state index contributed by atoms with van der Waals surface area (Å²) in [7, 11) is 0. The summed E-state index contributed by atoms with van der Waals surface area (Å²) in [5, 5.41) is 19.6. The molecule has 0 spiro atoms.